The smallest absolute Gasteiger partial charge is 0.139 e. The van der Waals surface area contributed by atoms with Gasteiger partial charge in [-0.25, -0.2) is 0 Å². The highest BCUT2D eigenvalue weighted by Crippen LogP contribution is 2.39. The van der Waals surface area contributed by atoms with E-state index >= 15 is 0 Å². The molecule has 18 heavy (non-hydrogen) atoms. The molecule has 0 spiro atoms. The van der Waals surface area contributed by atoms with E-state index in [0.29, 0.717) is 28.3 Å². The summed E-state index contributed by atoms with van der Waals surface area (Å²) in [5, 5.41) is 1.07. The fraction of sp³-hybridized carbons (Fsp3) is 0.571. The monoisotopic (exact) mass is 308 g/mol. The maximum atomic E-state index is 6.40. The van der Waals surface area contributed by atoms with Crippen LogP contribution < -0.4 is 4.74 Å². The van der Waals surface area contributed by atoms with Gasteiger partial charge in [0, 0.05) is 11.1 Å². The minimum absolute atomic E-state index is 0.111. The SMILES string of the molecule is CCOc1cc(Cl)c(C(Cl)CC(C)CC)cc1Cl. The van der Waals surface area contributed by atoms with E-state index < -0.39 is 0 Å². The van der Waals surface area contributed by atoms with Crippen molar-refractivity contribution in [2.24, 2.45) is 5.92 Å². The fourth-order valence-electron chi connectivity index (χ4n) is 1.70. The zero-order chi connectivity index (χ0) is 13.7. The Labute approximate surface area is 124 Å². The summed E-state index contributed by atoms with van der Waals surface area (Å²) in [4.78, 5) is 0. The summed E-state index contributed by atoms with van der Waals surface area (Å²) in [6, 6.07) is 3.56. The van der Waals surface area contributed by atoms with Crippen molar-refractivity contribution in [3.8, 4) is 5.75 Å². The zero-order valence-corrected chi connectivity index (χ0v) is 13.2. The Hall–Kier alpha value is -0.110. The van der Waals surface area contributed by atoms with E-state index in [0.717, 1.165) is 18.4 Å². The van der Waals surface area contributed by atoms with E-state index in [9.17, 15) is 0 Å². The second kappa shape index (κ2) is 7.47. The van der Waals surface area contributed by atoms with Crippen molar-refractivity contribution < 1.29 is 4.74 Å². The Balaban J connectivity index is 2.92. The standard InChI is InChI=1S/C14H19Cl3O/c1-4-9(3)6-11(15)10-7-13(17)14(18-5-2)8-12(10)16/h7-9,11H,4-6H2,1-3H3. The van der Waals surface area contributed by atoms with Crippen LogP contribution in [-0.4, -0.2) is 6.61 Å². The molecule has 0 aliphatic rings. The van der Waals surface area contributed by atoms with Gasteiger partial charge in [0.2, 0.25) is 0 Å². The van der Waals surface area contributed by atoms with Crippen molar-refractivity contribution in [3.05, 3.63) is 27.7 Å². The van der Waals surface area contributed by atoms with E-state index in [2.05, 4.69) is 13.8 Å². The lowest BCUT2D eigenvalue weighted by Crippen LogP contribution is -2.01. The second-order valence-corrected chi connectivity index (χ2v) is 5.80. The van der Waals surface area contributed by atoms with Crippen molar-refractivity contribution in [1.82, 2.24) is 0 Å². The number of hydrogen-bond acceptors (Lipinski definition) is 1. The van der Waals surface area contributed by atoms with Gasteiger partial charge in [0.15, 0.2) is 0 Å². The van der Waals surface area contributed by atoms with Crippen LogP contribution in [0.2, 0.25) is 10.0 Å². The average Bonchev–Trinajstić information content (AvgIpc) is 2.33. The van der Waals surface area contributed by atoms with Crippen LogP contribution in [-0.2, 0) is 0 Å². The molecule has 1 rings (SSSR count). The number of ether oxygens (including phenoxy) is 1. The molecule has 0 heterocycles. The Morgan fingerprint density at radius 2 is 1.83 bits per heavy atom. The van der Waals surface area contributed by atoms with E-state index in [-0.39, 0.29) is 5.38 Å². The Morgan fingerprint density at radius 3 is 2.39 bits per heavy atom. The molecule has 0 saturated carbocycles. The third kappa shape index (κ3) is 4.22. The molecule has 0 aliphatic heterocycles. The highest BCUT2D eigenvalue weighted by atomic mass is 35.5. The lowest BCUT2D eigenvalue weighted by molar-refractivity contribution is 0.340. The van der Waals surface area contributed by atoms with Gasteiger partial charge in [0.05, 0.1) is 17.0 Å². The molecular weight excluding hydrogens is 291 g/mol. The molecule has 2 unspecified atom stereocenters. The number of hydrogen-bond donors (Lipinski definition) is 0. The van der Waals surface area contributed by atoms with Gasteiger partial charge in [-0.05, 0) is 30.9 Å². The van der Waals surface area contributed by atoms with Crippen LogP contribution in [0, 0.1) is 5.92 Å². The molecule has 0 saturated heterocycles. The molecule has 0 aliphatic carbocycles. The van der Waals surface area contributed by atoms with Gasteiger partial charge in [-0.15, -0.1) is 11.6 Å². The van der Waals surface area contributed by atoms with Crippen LogP contribution in [0.5, 0.6) is 5.75 Å². The number of halogens is 3. The lowest BCUT2D eigenvalue weighted by atomic mass is 9.98. The second-order valence-electron chi connectivity index (χ2n) is 4.45. The summed E-state index contributed by atoms with van der Waals surface area (Å²) in [7, 11) is 0. The van der Waals surface area contributed by atoms with Crippen molar-refractivity contribution in [1.29, 1.82) is 0 Å². The molecule has 0 radical (unpaired) electrons. The minimum atomic E-state index is -0.111. The first-order chi connectivity index (χ1) is 8.49. The van der Waals surface area contributed by atoms with Crippen molar-refractivity contribution in [3.63, 3.8) is 0 Å². The first kappa shape index (κ1) is 15.9. The highest BCUT2D eigenvalue weighted by Gasteiger charge is 2.17. The fourth-order valence-corrected chi connectivity index (χ4v) is 2.75. The molecule has 0 amide bonds. The summed E-state index contributed by atoms with van der Waals surface area (Å²) in [6.07, 6.45) is 1.99. The number of benzene rings is 1. The summed E-state index contributed by atoms with van der Waals surface area (Å²) in [6.45, 7) is 6.80. The van der Waals surface area contributed by atoms with E-state index in [1.807, 2.05) is 13.0 Å². The van der Waals surface area contributed by atoms with Gasteiger partial charge in [-0.3, -0.25) is 0 Å². The summed E-state index contributed by atoms with van der Waals surface area (Å²) >= 11 is 18.8. The van der Waals surface area contributed by atoms with Gasteiger partial charge >= 0.3 is 0 Å². The average molecular weight is 310 g/mol. The van der Waals surface area contributed by atoms with Crippen LogP contribution in [0.3, 0.4) is 0 Å². The first-order valence-electron chi connectivity index (χ1n) is 6.25. The topological polar surface area (TPSA) is 9.23 Å². The Morgan fingerprint density at radius 1 is 1.17 bits per heavy atom. The maximum absolute atomic E-state index is 6.40. The minimum Gasteiger partial charge on any atom is -0.492 e. The quantitative estimate of drug-likeness (QED) is 0.576. The van der Waals surface area contributed by atoms with Crippen LogP contribution in [0.4, 0.5) is 0 Å². The van der Waals surface area contributed by atoms with Gasteiger partial charge in [-0.2, -0.15) is 0 Å². The number of rotatable bonds is 6. The van der Waals surface area contributed by atoms with Crippen molar-refractivity contribution in [2.75, 3.05) is 6.61 Å². The van der Waals surface area contributed by atoms with Crippen LogP contribution in [0.25, 0.3) is 0 Å². The summed E-state index contributed by atoms with van der Waals surface area (Å²) in [5.74, 6) is 1.18. The molecule has 0 fully saturated rings. The van der Waals surface area contributed by atoms with E-state index in [1.54, 1.807) is 6.07 Å². The highest BCUT2D eigenvalue weighted by molar-refractivity contribution is 6.35. The summed E-state index contributed by atoms with van der Waals surface area (Å²) in [5.41, 5.74) is 0.882. The van der Waals surface area contributed by atoms with E-state index in [1.165, 1.54) is 0 Å². The predicted octanol–water partition coefficient (Wildman–Crippen LogP) is 6.11. The van der Waals surface area contributed by atoms with Crippen LogP contribution in [0.1, 0.15) is 44.6 Å². The first-order valence-corrected chi connectivity index (χ1v) is 7.44. The van der Waals surface area contributed by atoms with Gasteiger partial charge in [0.1, 0.15) is 5.75 Å². The molecule has 0 N–H and O–H groups in total. The molecule has 0 bridgehead atoms. The van der Waals surface area contributed by atoms with Gasteiger partial charge in [-0.1, -0.05) is 43.5 Å². The molecule has 0 aromatic heterocycles. The van der Waals surface area contributed by atoms with Crippen molar-refractivity contribution in [2.45, 2.75) is 39.0 Å². The zero-order valence-electron chi connectivity index (χ0n) is 11.0. The van der Waals surface area contributed by atoms with Crippen molar-refractivity contribution >= 4 is 34.8 Å². The lowest BCUT2D eigenvalue weighted by Gasteiger charge is -2.17. The normalized spacial score (nSPS) is 14.3. The van der Waals surface area contributed by atoms with Gasteiger partial charge < -0.3 is 4.74 Å². The molecular formula is C14H19Cl3O. The Bertz CT molecular complexity index is 393. The molecule has 102 valence electrons. The molecule has 1 aromatic carbocycles. The number of alkyl halides is 1. The van der Waals surface area contributed by atoms with E-state index in [4.69, 9.17) is 39.5 Å². The third-order valence-electron chi connectivity index (χ3n) is 2.99. The predicted molar refractivity (Wildman–Crippen MR) is 80.3 cm³/mol. The Kier molecular flexibility index (Phi) is 6.62. The van der Waals surface area contributed by atoms with Gasteiger partial charge in [0.25, 0.3) is 0 Å². The molecule has 2 atom stereocenters. The third-order valence-corrected chi connectivity index (χ3v) is 4.03. The molecule has 4 heteroatoms. The maximum Gasteiger partial charge on any atom is 0.139 e. The largest absolute Gasteiger partial charge is 0.492 e. The molecule has 1 aromatic rings. The van der Waals surface area contributed by atoms with Crippen LogP contribution >= 0.6 is 34.8 Å². The molecule has 1 nitrogen and oxygen atoms in total. The van der Waals surface area contributed by atoms with Crippen LogP contribution in [0.15, 0.2) is 12.1 Å². The summed E-state index contributed by atoms with van der Waals surface area (Å²) < 4.78 is 5.39.